The molecule has 1 saturated heterocycles. The van der Waals surface area contributed by atoms with Crippen LogP contribution >= 0.6 is 0 Å². The van der Waals surface area contributed by atoms with E-state index in [1.165, 1.54) is 64.5 Å². The first kappa shape index (κ1) is 10.8. The van der Waals surface area contributed by atoms with Gasteiger partial charge in [-0.3, -0.25) is 9.69 Å². The van der Waals surface area contributed by atoms with Crippen LogP contribution in [0.3, 0.4) is 0 Å². The molecule has 0 aromatic heterocycles. The summed E-state index contributed by atoms with van der Waals surface area (Å²) in [6.07, 6.45) is 10.2. The quantitative estimate of drug-likeness (QED) is 0.678. The van der Waals surface area contributed by atoms with Crippen molar-refractivity contribution < 1.29 is 4.79 Å². The molecule has 2 nitrogen and oxygen atoms in total. The molecule has 2 heteroatoms. The van der Waals surface area contributed by atoms with Crippen LogP contribution in [0.1, 0.15) is 51.4 Å². The number of rotatable bonds is 1. The third-order valence-corrected chi connectivity index (χ3v) is 4.97. The first-order valence-electron chi connectivity index (χ1n) is 7.14. The molecule has 0 spiro atoms. The Balaban J connectivity index is 1.72. The minimum atomic E-state index is 0.408. The van der Waals surface area contributed by atoms with Gasteiger partial charge in [-0.15, -0.1) is 0 Å². The van der Waals surface area contributed by atoms with Gasteiger partial charge in [0.05, 0.1) is 0 Å². The molecule has 90 valence electrons. The highest BCUT2D eigenvalue weighted by molar-refractivity contribution is 5.85. The van der Waals surface area contributed by atoms with E-state index in [0.29, 0.717) is 23.7 Å². The summed E-state index contributed by atoms with van der Waals surface area (Å²) in [7, 11) is 0. The van der Waals surface area contributed by atoms with Gasteiger partial charge in [-0.25, -0.2) is 0 Å². The highest BCUT2D eigenvalue weighted by Crippen LogP contribution is 2.39. The maximum Gasteiger partial charge on any atom is 0.140 e. The molecule has 2 bridgehead atoms. The minimum Gasteiger partial charge on any atom is -0.300 e. The summed E-state index contributed by atoms with van der Waals surface area (Å²) in [5.41, 5.74) is 0. The molecule has 1 heterocycles. The fraction of sp³-hybridized carbons (Fsp3) is 0.929. The van der Waals surface area contributed by atoms with E-state index in [1.54, 1.807) is 0 Å². The number of hydrogen-bond acceptors (Lipinski definition) is 2. The number of hydrogen-bond donors (Lipinski definition) is 0. The Kier molecular flexibility index (Phi) is 3.01. The molecule has 16 heavy (non-hydrogen) atoms. The van der Waals surface area contributed by atoms with Crippen molar-refractivity contribution in [3.63, 3.8) is 0 Å². The van der Waals surface area contributed by atoms with E-state index in [0.717, 1.165) is 0 Å². The van der Waals surface area contributed by atoms with Crippen LogP contribution in [0.2, 0.25) is 0 Å². The van der Waals surface area contributed by atoms with Gasteiger partial charge in [0.15, 0.2) is 0 Å². The van der Waals surface area contributed by atoms with E-state index in [2.05, 4.69) is 4.90 Å². The predicted molar refractivity (Wildman–Crippen MR) is 64.3 cm³/mol. The standard InChI is InChI=1S/C14H23NO/c16-14-11-5-4-6-12(14)13(8-7-11)15-9-2-1-3-10-15/h11-13H,1-10H2/t11-,12-,13+/m1/s1. The van der Waals surface area contributed by atoms with E-state index in [1.807, 2.05) is 0 Å². The number of carbonyl (C=O) groups excluding carboxylic acids is 1. The Morgan fingerprint density at radius 1 is 0.875 bits per heavy atom. The molecule has 3 rings (SSSR count). The second kappa shape index (κ2) is 4.48. The van der Waals surface area contributed by atoms with Crippen LogP contribution < -0.4 is 0 Å². The molecule has 1 aliphatic heterocycles. The molecule has 0 aromatic carbocycles. The summed E-state index contributed by atoms with van der Waals surface area (Å²) in [4.78, 5) is 14.9. The normalized spacial score (nSPS) is 41.0. The number of likely N-dealkylation sites (tertiary alicyclic amines) is 1. The zero-order valence-corrected chi connectivity index (χ0v) is 10.2. The fourth-order valence-electron chi connectivity index (χ4n) is 4.10. The monoisotopic (exact) mass is 221 g/mol. The third-order valence-electron chi connectivity index (χ3n) is 4.97. The molecule has 2 saturated carbocycles. The van der Waals surface area contributed by atoms with Gasteiger partial charge in [0.2, 0.25) is 0 Å². The Morgan fingerprint density at radius 3 is 2.50 bits per heavy atom. The number of carbonyl (C=O) groups is 1. The lowest BCUT2D eigenvalue weighted by molar-refractivity contribution is -0.136. The first-order valence-corrected chi connectivity index (χ1v) is 7.14. The predicted octanol–water partition coefficient (Wildman–Crippen LogP) is 2.62. The Labute approximate surface area is 98.4 Å². The van der Waals surface area contributed by atoms with Crippen molar-refractivity contribution in [3.05, 3.63) is 0 Å². The summed E-state index contributed by atoms with van der Waals surface area (Å²) in [6, 6.07) is 0.615. The summed E-state index contributed by atoms with van der Waals surface area (Å²) in [6.45, 7) is 2.50. The summed E-state index contributed by atoms with van der Waals surface area (Å²) >= 11 is 0. The summed E-state index contributed by atoms with van der Waals surface area (Å²) < 4.78 is 0. The van der Waals surface area contributed by atoms with E-state index in [9.17, 15) is 4.79 Å². The lowest BCUT2D eigenvalue weighted by atomic mass is 9.68. The molecule has 3 fully saturated rings. The molecule has 0 amide bonds. The summed E-state index contributed by atoms with van der Waals surface area (Å²) in [5, 5.41) is 0. The Bertz CT molecular complexity index is 270. The molecule has 0 radical (unpaired) electrons. The first-order chi connectivity index (χ1) is 7.86. The van der Waals surface area contributed by atoms with Crippen molar-refractivity contribution in [2.75, 3.05) is 13.1 Å². The molecule has 0 N–H and O–H groups in total. The van der Waals surface area contributed by atoms with Crippen molar-refractivity contribution in [2.45, 2.75) is 57.4 Å². The molecule has 2 aliphatic carbocycles. The van der Waals surface area contributed by atoms with Gasteiger partial charge in [0.25, 0.3) is 0 Å². The van der Waals surface area contributed by atoms with Gasteiger partial charge in [-0.05, 0) is 51.6 Å². The molecule has 3 atom stereocenters. The maximum atomic E-state index is 12.2. The number of fused-ring (bicyclic) bond motifs is 2. The average Bonchev–Trinajstić information content (AvgIpc) is 2.30. The maximum absolute atomic E-state index is 12.2. The number of nitrogens with zero attached hydrogens (tertiary/aromatic N) is 1. The Hall–Kier alpha value is -0.370. The van der Waals surface area contributed by atoms with Gasteiger partial charge in [-0.2, -0.15) is 0 Å². The summed E-state index contributed by atoms with van der Waals surface area (Å²) in [5.74, 6) is 1.47. The van der Waals surface area contributed by atoms with Crippen molar-refractivity contribution in [3.8, 4) is 0 Å². The van der Waals surface area contributed by atoms with E-state index in [4.69, 9.17) is 0 Å². The zero-order valence-electron chi connectivity index (χ0n) is 10.2. The van der Waals surface area contributed by atoms with Crippen LogP contribution in [0.5, 0.6) is 0 Å². The van der Waals surface area contributed by atoms with Gasteiger partial charge in [0, 0.05) is 17.9 Å². The lowest BCUT2D eigenvalue weighted by Gasteiger charge is -2.45. The van der Waals surface area contributed by atoms with Gasteiger partial charge >= 0.3 is 0 Å². The van der Waals surface area contributed by atoms with Crippen molar-refractivity contribution in [1.82, 2.24) is 4.90 Å². The number of piperidine rings is 1. The van der Waals surface area contributed by atoms with E-state index in [-0.39, 0.29) is 0 Å². The van der Waals surface area contributed by atoms with Crippen LogP contribution in [0.4, 0.5) is 0 Å². The van der Waals surface area contributed by atoms with Crippen molar-refractivity contribution in [2.24, 2.45) is 11.8 Å². The van der Waals surface area contributed by atoms with E-state index < -0.39 is 0 Å². The van der Waals surface area contributed by atoms with Crippen molar-refractivity contribution in [1.29, 1.82) is 0 Å². The van der Waals surface area contributed by atoms with Crippen molar-refractivity contribution >= 4 is 5.78 Å². The lowest BCUT2D eigenvalue weighted by Crippen LogP contribution is -2.51. The third kappa shape index (κ3) is 1.81. The van der Waals surface area contributed by atoms with Gasteiger partial charge < -0.3 is 0 Å². The minimum absolute atomic E-state index is 0.408. The number of ketones is 1. The SMILES string of the molecule is O=C1[C@@H]2CCC[C@@H]1[C@@H](N1CCCCC1)CC2. The topological polar surface area (TPSA) is 20.3 Å². The van der Waals surface area contributed by atoms with Crippen LogP contribution in [0, 0.1) is 11.8 Å². The fourth-order valence-corrected chi connectivity index (χ4v) is 4.10. The molecule has 0 aromatic rings. The highest BCUT2D eigenvalue weighted by atomic mass is 16.1. The zero-order chi connectivity index (χ0) is 11.0. The van der Waals surface area contributed by atoms with Gasteiger partial charge in [0.1, 0.15) is 5.78 Å². The van der Waals surface area contributed by atoms with E-state index >= 15 is 0 Å². The molecular formula is C14H23NO. The molecular weight excluding hydrogens is 198 g/mol. The van der Waals surface area contributed by atoms with Crippen LogP contribution in [-0.4, -0.2) is 29.8 Å². The smallest absolute Gasteiger partial charge is 0.140 e. The van der Waals surface area contributed by atoms with Crippen LogP contribution in [0.15, 0.2) is 0 Å². The van der Waals surface area contributed by atoms with Crippen LogP contribution in [-0.2, 0) is 4.79 Å². The number of Topliss-reactive ketones (excluding diaryl/α,β-unsaturated/α-hetero) is 1. The molecule has 0 unspecified atom stereocenters. The Morgan fingerprint density at radius 2 is 1.69 bits per heavy atom. The second-order valence-corrected chi connectivity index (χ2v) is 5.88. The second-order valence-electron chi connectivity index (χ2n) is 5.88. The highest BCUT2D eigenvalue weighted by Gasteiger charge is 2.42. The molecule has 3 aliphatic rings. The van der Waals surface area contributed by atoms with Gasteiger partial charge in [-0.1, -0.05) is 12.8 Å². The average molecular weight is 221 g/mol. The van der Waals surface area contributed by atoms with Crippen LogP contribution in [0.25, 0.3) is 0 Å². The largest absolute Gasteiger partial charge is 0.300 e.